The van der Waals surface area contributed by atoms with Gasteiger partial charge in [-0.15, -0.1) is 11.3 Å². The Kier molecular flexibility index (Phi) is 2.76. The van der Waals surface area contributed by atoms with E-state index >= 15 is 0 Å². The van der Waals surface area contributed by atoms with E-state index in [1.807, 2.05) is 0 Å². The van der Waals surface area contributed by atoms with Crippen LogP contribution in [0, 0.1) is 6.92 Å². The molecule has 2 nitrogen and oxygen atoms in total. The lowest BCUT2D eigenvalue weighted by Crippen LogP contribution is -2.10. The van der Waals surface area contributed by atoms with Gasteiger partial charge in [0.1, 0.15) is 0 Å². The van der Waals surface area contributed by atoms with Crippen LogP contribution in [0.2, 0.25) is 0 Å². The molecule has 0 fully saturated rings. The third kappa shape index (κ3) is 1.87. The highest BCUT2D eigenvalue weighted by molar-refractivity contribution is 7.07. The molecule has 0 aliphatic heterocycles. The third-order valence-electron chi connectivity index (χ3n) is 3.13. The molecule has 18 heavy (non-hydrogen) atoms. The van der Waals surface area contributed by atoms with Crippen molar-refractivity contribution >= 4 is 27.8 Å². The van der Waals surface area contributed by atoms with Crippen molar-refractivity contribution in [3.8, 4) is 0 Å². The summed E-state index contributed by atoms with van der Waals surface area (Å²) in [6.07, 6.45) is 0. The number of hydrogen-bond donors (Lipinski definition) is 0. The molecule has 0 atom stereocenters. The second-order valence-electron chi connectivity index (χ2n) is 4.33. The highest BCUT2D eigenvalue weighted by Gasteiger charge is 2.00. The van der Waals surface area contributed by atoms with Crippen LogP contribution >= 0.6 is 11.3 Å². The molecule has 0 bridgehead atoms. The van der Waals surface area contributed by atoms with Gasteiger partial charge in [0.25, 0.3) is 0 Å². The summed E-state index contributed by atoms with van der Waals surface area (Å²) in [5.41, 5.74) is 2.27. The largest absolute Gasteiger partial charge is 0.324 e. The maximum atomic E-state index is 4.77. The first-order valence-electron chi connectivity index (χ1n) is 5.89. The van der Waals surface area contributed by atoms with Crippen LogP contribution in [-0.4, -0.2) is 4.57 Å². The van der Waals surface area contributed by atoms with Crippen LogP contribution in [0.5, 0.6) is 0 Å². The van der Waals surface area contributed by atoms with E-state index in [1.54, 1.807) is 11.3 Å². The second-order valence-corrected chi connectivity index (χ2v) is 5.17. The molecule has 90 valence electrons. The van der Waals surface area contributed by atoms with Crippen molar-refractivity contribution < 1.29 is 0 Å². The fraction of sp³-hybridized carbons (Fsp3) is 0.133. The van der Waals surface area contributed by atoms with E-state index < -0.39 is 0 Å². The SMILES string of the molecule is Cc1csc(=Nc2cccc3ccccc23)n1C. The van der Waals surface area contributed by atoms with E-state index in [0.29, 0.717) is 0 Å². The number of benzene rings is 2. The van der Waals surface area contributed by atoms with Crippen molar-refractivity contribution in [3.05, 3.63) is 58.3 Å². The predicted molar refractivity (Wildman–Crippen MR) is 77.2 cm³/mol. The van der Waals surface area contributed by atoms with E-state index in [9.17, 15) is 0 Å². The van der Waals surface area contributed by atoms with Crippen molar-refractivity contribution in [2.24, 2.45) is 12.0 Å². The maximum Gasteiger partial charge on any atom is 0.189 e. The molecular formula is C15H14N2S. The molecule has 0 aliphatic rings. The summed E-state index contributed by atoms with van der Waals surface area (Å²) >= 11 is 1.68. The summed E-state index contributed by atoms with van der Waals surface area (Å²) in [5, 5.41) is 4.56. The summed E-state index contributed by atoms with van der Waals surface area (Å²) in [6, 6.07) is 14.6. The minimum Gasteiger partial charge on any atom is -0.324 e. The van der Waals surface area contributed by atoms with Gasteiger partial charge < -0.3 is 4.57 Å². The fourth-order valence-corrected chi connectivity index (χ4v) is 2.84. The Bertz CT molecular complexity index is 760. The molecule has 0 saturated carbocycles. The molecule has 0 radical (unpaired) electrons. The lowest BCUT2D eigenvalue weighted by atomic mass is 10.1. The van der Waals surface area contributed by atoms with Crippen molar-refractivity contribution in [2.45, 2.75) is 6.92 Å². The first-order valence-corrected chi connectivity index (χ1v) is 6.77. The zero-order chi connectivity index (χ0) is 12.5. The molecule has 0 aliphatic carbocycles. The minimum atomic E-state index is 1.03. The number of rotatable bonds is 1. The quantitative estimate of drug-likeness (QED) is 0.629. The van der Waals surface area contributed by atoms with Crippen LogP contribution in [0.1, 0.15) is 5.69 Å². The normalized spacial score (nSPS) is 12.2. The standard InChI is InChI=1S/C15H14N2S/c1-11-10-18-15(17(11)2)16-14-9-5-7-12-6-3-4-8-13(12)14/h3-10H,1-2H3. The summed E-state index contributed by atoms with van der Waals surface area (Å²) in [6.45, 7) is 2.10. The summed E-state index contributed by atoms with van der Waals surface area (Å²) in [4.78, 5) is 5.80. The lowest BCUT2D eigenvalue weighted by molar-refractivity contribution is 0.835. The zero-order valence-corrected chi connectivity index (χ0v) is 11.2. The van der Waals surface area contributed by atoms with E-state index in [-0.39, 0.29) is 0 Å². The minimum absolute atomic E-state index is 1.03. The lowest BCUT2D eigenvalue weighted by Gasteiger charge is -2.01. The molecule has 0 saturated heterocycles. The number of thiazole rings is 1. The topological polar surface area (TPSA) is 17.3 Å². The van der Waals surface area contributed by atoms with E-state index in [0.717, 1.165) is 10.5 Å². The van der Waals surface area contributed by atoms with Crippen molar-refractivity contribution in [1.82, 2.24) is 4.57 Å². The number of aryl methyl sites for hydroxylation is 1. The van der Waals surface area contributed by atoms with Gasteiger partial charge in [0.15, 0.2) is 4.80 Å². The van der Waals surface area contributed by atoms with Crippen LogP contribution in [0.15, 0.2) is 52.8 Å². The van der Waals surface area contributed by atoms with Gasteiger partial charge in [-0.2, -0.15) is 0 Å². The Morgan fingerprint density at radius 3 is 2.61 bits per heavy atom. The average Bonchev–Trinajstić information content (AvgIpc) is 2.71. The Labute approximate surface area is 110 Å². The number of fused-ring (bicyclic) bond motifs is 1. The number of nitrogens with zero attached hydrogens (tertiary/aromatic N) is 2. The van der Waals surface area contributed by atoms with Crippen LogP contribution in [-0.2, 0) is 7.05 Å². The number of hydrogen-bond acceptors (Lipinski definition) is 2. The third-order valence-corrected chi connectivity index (χ3v) is 4.17. The first-order chi connectivity index (χ1) is 8.75. The van der Waals surface area contributed by atoms with E-state index in [1.165, 1.54) is 16.5 Å². The molecular weight excluding hydrogens is 240 g/mol. The Balaban J connectivity index is 2.28. The van der Waals surface area contributed by atoms with Gasteiger partial charge >= 0.3 is 0 Å². The van der Waals surface area contributed by atoms with Gasteiger partial charge in [-0.3, -0.25) is 0 Å². The Hall–Kier alpha value is -1.87. The van der Waals surface area contributed by atoms with Crippen LogP contribution in [0.25, 0.3) is 10.8 Å². The van der Waals surface area contributed by atoms with Crippen LogP contribution in [0.4, 0.5) is 5.69 Å². The number of aromatic nitrogens is 1. The maximum absolute atomic E-state index is 4.77. The molecule has 3 rings (SSSR count). The van der Waals surface area contributed by atoms with Crippen molar-refractivity contribution in [1.29, 1.82) is 0 Å². The van der Waals surface area contributed by atoms with Gasteiger partial charge in [-0.1, -0.05) is 36.4 Å². The predicted octanol–water partition coefficient (Wildman–Crippen LogP) is 3.78. The molecule has 3 aromatic rings. The van der Waals surface area contributed by atoms with Gasteiger partial charge in [-0.05, 0) is 18.4 Å². The van der Waals surface area contributed by atoms with Gasteiger partial charge in [0.05, 0.1) is 5.69 Å². The average molecular weight is 254 g/mol. The first kappa shape index (κ1) is 11.2. The summed E-state index contributed by atoms with van der Waals surface area (Å²) in [7, 11) is 2.05. The summed E-state index contributed by atoms with van der Waals surface area (Å²) in [5.74, 6) is 0. The molecule has 3 heteroatoms. The zero-order valence-electron chi connectivity index (χ0n) is 10.4. The monoisotopic (exact) mass is 254 g/mol. The Morgan fingerprint density at radius 2 is 1.83 bits per heavy atom. The molecule has 1 aromatic heterocycles. The smallest absolute Gasteiger partial charge is 0.189 e. The molecule has 0 amide bonds. The summed E-state index contributed by atoms with van der Waals surface area (Å²) < 4.78 is 2.12. The van der Waals surface area contributed by atoms with Crippen molar-refractivity contribution in [2.75, 3.05) is 0 Å². The molecule has 1 heterocycles. The van der Waals surface area contributed by atoms with Crippen LogP contribution in [0.3, 0.4) is 0 Å². The molecule has 0 spiro atoms. The second kappa shape index (κ2) is 4.42. The highest BCUT2D eigenvalue weighted by atomic mass is 32.1. The van der Waals surface area contributed by atoms with Crippen LogP contribution < -0.4 is 4.80 Å². The van der Waals surface area contributed by atoms with Gasteiger partial charge in [0.2, 0.25) is 0 Å². The van der Waals surface area contributed by atoms with Gasteiger partial charge in [-0.25, -0.2) is 4.99 Å². The van der Waals surface area contributed by atoms with Gasteiger partial charge in [0, 0.05) is 23.5 Å². The van der Waals surface area contributed by atoms with Crippen molar-refractivity contribution in [3.63, 3.8) is 0 Å². The molecule has 0 N–H and O–H groups in total. The molecule has 2 aromatic carbocycles. The molecule has 0 unspecified atom stereocenters. The van der Waals surface area contributed by atoms with E-state index in [2.05, 4.69) is 66.4 Å². The fourth-order valence-electron chi connectivity index (χ4n) is 1.96. The van der Waals surface area contributed by atoms with E-state index in [4.69, 9.17) is 4.99 Å². The highest BCUT2D eigenvalue weighted by Crippen LogP contribution is 2.25. The Morgan fingerprint density at radius 1 is 1.06 bits per heavy atom.